The third-order valence-corrected chi connectivity index (χ3v) is 3.58. The summed E-state index contributed by atoms with van der Waals surface area (Å²) in [6.45, 7) is 0. The summed E-state index contributed by atoms with van der Waals surface area (Å²) in [5.74, 6) is -0.497. The van der Waals surface area contributed by atoms with Crippen molar-refractivity contribution < 1.29 is 22.7 Å². The molecule has 1 aliphatic carbocycles. The lowest BCUT2D eigenvalue weighted by atomic mass is 9.95. The summed E-state index contributed by atoms with van der Waals surface area (Å²) in [6, 6.07) is 5.33. The molecular formula is C13H14F4O. The first kappa shape index (κ1) is 13.3. The Morgan fingerprint density at radius 3 is 2.44 bits per heavy atom. The Kier molecular flexibility index (Phi) is 3.36. The third kappa shape index (κ3) is 2.66. The Labute approximate surface area is 102 Å². The third-order valence-electron chi connectivity index (χ3n) is 3.58. The van der Waals surface area contributed by atoms with E-state index >= 15 is 0 Å². The molecule has 1 aliphatic rings. The van der Waals surface area contributed by atoms with E-state index in [0.29, 0.717) is 5.56 Å². The van der Waals surface area contributed by atoms with Crippen LogP contribution < -0.4 is 0 Å². The summed E-state index contributed by atoms with van der Waals surface area (Å²) in [6.07, 6.45) is -5.08. The predicted molar refractivity (Wildman–Crippen MR) is 58.3 cm³/mol. The van der Waals surface area contributed by atoms with Gasteiger partial charge in [-0.1, -0.05) is 12.1 Å². The highest BCUT2D eigenvalue weighted by Crippen LogP contribution is 2.60. The first-order valence-electron chi connectivity index (χ1n) is 5.84. The van der Waals surface area contributed by atoms with Gasteiger partial charge in [-0.05, 0) is 43.4 Å². The number of aliphatic hydroxyl groups excluding tert-OH is 1. The molecule has 100 valence electrons. The smallest absolute Gasteiger partial charge is 0.388 e. The highest BCUT2D eigenvalue weighted by atomic mass is 19.4. The van der Waals surface area contributed by atoms with Crippen molar-refractivity contribution in [3.8, 4) is 0 Å². The van der Waals surface area contributed by atoms with Crippen LogP contribution in [-0.2, 0) is 0 Å². The molecule has 0 aromatic heterocycles. The van der Waals surface area contributed by atoms with Crippen LogP contribution in [0.1, 0.15) is 37.4 Å². The molecule has 18 heavy (non-hydrogen) atoms. The van der Waals surface area contributed by atoms with Gasteiger partial charge in [0.2, 0.25) is 0 Å². The molecule has 0 saturated heterocycles. The second-order valence-corrected chi connectivity index (χ2v) is 4.89. The zero-order valence-electron chi connectivity index (χ0n) is 9.67. The van der Waals surface area contributed by atoms with E-state index in [1.165, 1.54) is 18.2 Å². The molecule has 0 bridgehead atoms. The zero-order chi connectivity index (χ0) is 13.4. The minimum Gasteiger partial charge on any atom is -0.388 e. The minimum absolute atomic E-state index is 0.00294. The molecule has 0 radical (unpaired) electrons. The molecule has 1 fully saturated rings. The van der Waals surface area contributed by atoms with Crippen molar-refractivity contribution in [3.63, 3.8) is 0 Å². The van der Waals surface area contributed by atoms with Crippen LogP contribution in [0.5, 0.6) is 0 Å². The number of halogens is 4. The fraction of sp³-hybridized carbons (Fsp3) is 0.538. The van der Waals surface area contributed by atoms with Gasteiger partial charge in [-0.25, -0.2) is 4.39 Å². The lowest BCUT2D eigenvalue weighted by Gasteiger charge is -2.20. The molecule has 0 unspecified atom stereocenters. The molecule has 1 aromatic carbocycles. The van der Waals surface area contributed by atoms with Crippen molar-refractivity contribution in [2.24, 2.45) is 5.41 Å². The molecule has 1 aromatic rings. The lowest BCUT2D eigenvalue weighted by Crippen LogP contribution is -2.25. The van der Waals surface area contributed by atoms with Crippen LogP contribution in [0.15, 0.2) is 24.3 Å². The lowest BCUT2D eigenvalue weighted by molar-refractivity contribution is -0.190. The van der Waals surface area contributed by atoms with Gasteiger partial charge in [-0.3, -0.25) is 0 Å². The number of aliphatic hydroxyl groups is 1. The molecule has 0 amide bonds. The number of hydrogen-bond acceptors (Lipinski definition) is 1. The molecule has 1 N–H and O–H groups in total. The van der Waals surface area contributed by atoms with Crippen molar-refractivity contribution in [2.45, 2.75) is 38.0 Å². The van der Waals surface area contributed by atoms with Crippen molar-refractivity contribution in [1.82, 2.24) is 0 Å². The summed E-state index contributed by atoms with van der Waals surface area (Å²) in [4.78, 5) is 0. The Hall–Kier alpha value is -1.10. The Balaban J connectivity index is 1.95. The van der Waals surface area contributed by atoms with Crippen molar-refractivity contribution >= 4 is 0 Å². The average molecular weight is 262 g/mol. The SMILES string of the molecule is O[C@@H](CCC1(C(F)(F)F)CC1)c1cccc(F)c1. The fourth-order valence-corrected chi connectivity index (χ4v) is 2.12. The minimum atomic E-state index is -4.20. The quantitative estimate of drug-likeness (QED) is 0.814. The van der Waals surface area contributed by atoms with Crippen molar-refractivity contribution in [2.75, 3.05) is 0 Å². The molecular weight excluding hydrogens is 248 g/mol. The van der Waals surface area contributed by atoms with Gasteiger partial charge < -0.3 is 5.11 Å². The van der Waals surface area contributed by atoms with Crippen LogP contribution in [0.2, 0.25) is 0 Å². The van der Waals surface area contributed by atoms with Gasteiger partial charge in [0.1, 0.15) is 5.82 Å². The van der Waals surface area contributed by atoms with E-state index in [1.54, 1.807) is 0 Å². The predicted octanol–water partition coefficient (Wildman–Crippen LogP) is 3.98. The Morgan fingerprint density at radius 1 is 1.28 bits per heavy atom. The van der Waals surface area contributed by atoms with E-state index in [-0.39, 0.29) is 25.7 Å². The summed E-state index contributed by atoms with van der Waals surface area (Å²) in [5, 5.41) is 9.77. The number of benzene rings is 1. The topological polar surface area (TPSA) is 20.2 Å². The Morgan fingerprint density at radius 2 is 1.94 bits per heavy atom. The van der Waals surface area contributed by atoms with Crippen LogP contribution in [0.4, 0.5) is 17.6 Å². The first-order valence-corrected chi connectivity index (χ1v) is 5.84. The molecule has 1 atom stereocenters. The van der Waals surface area contributed by atoms with Crippen LogP contribution in [0.25, 0.3) is 0 Å². The summed E-state index contributed by atoms with van der Waals surface area (Å²) in [7, 11) is 0. The molecule has 0 aliphatic heterocycles. The second-order valence-electron chi connectivity index (χ2n) is 4.89. The highest BCUT2D eigenvalue weighted by Gasteiger charge is 2.62. The van der Waals surface area contributed by atoms with Crippen LogP contribution >= 0.6 is 0 Å². The highest BCUT2D eigenvalue weighted by molar-refractivity contribution is 5.18. The second kappa shape index (κ2) is 4.53. The van der Waals surface area contributed by atoms with Gasteiger partial charge in [-0.2, -0.15) is 13.2 Å². The van der Waals surface area contributed by atoms with Crippen molar-refractivity contribution in [3.05, 3.63) is 35.6 Å². The monoisotopic (exact) mass is 262 g/mol. The maximum Gasteiger partial charge on any atom is 0.394 e. The van der Waals surface area contributed by atoms with Gasteiger partial charge >= 0.3 is 6.18 Å². The molecule has 0 spiro atoms. The first-order chi connectivity index (χ1) is 8.34. The number of alkyl halides is 3. The average Bonchev–Trinajstić information content (AvgIpc) is 3.06. The van der Waals surface area contributed by atoms with Gasteiger partial charge in [-0.15, -0.1) is 0 Å². The van der Waals surface area contributed by atoms with E-state index < -0.39 is 23.5 Å². The van der Waals surface area contributed by atoms with E-state index in [4.69, 9.17) is 0 Å². The standard InChI is InChI=1S/C13H14F4O/c14-10-3-1-2-9(8-10)11(18)4-5-12(6-7-12)13(15,16)17/h1-3,8,11,18H,4-7H2/t11-/m0/s1. The van der Waals surface area contributed by atoms with Gasteiger partial charge in [0, 0.05) is 0 Å². The maximum absolute atomic E-state index is 12.9. The molecule has 1 saturated carbocycles. The Bertz CT molecular complexity index is 423. The van der Waals surface area contributed by atoms with Crippen LogP contribution in [-0.4, -0.2) is 11.3 Å². The fourth-order valence-electron chi connectivity index (χ4n) is 2.12. The van der Waals surface area contributed by atoms with E-state index in [2.05, 4.69) is 0 Å². The zero-order valence-corrected chi connectivity index (χ0v) is 9.67. The number of rotatable bonds is 4. The maximum atomic E-state index is 12.9. The molecule has 0 heterocycles. The summed E-state index contributed by atoms with van der Waals surface area (Å²) < 4.78 is 50.9. The summed E-state index contributed by atoms with van der Waals surface area (Å²) in [5.41, 5.74) is -1.28. The molecule has 2 rings (SSSR count). The van der Waals surface area contributed by atoms with Gasteiger partial charge in [0.25, 0.3) is 0 Å². The van der Waals surface area contributed by atoms with Crippen molar-refractivity contribution in [1.29, 1.82) is 0 Å². The van der Waals surface area contributed by atoms with Crippen LogP contribution in [0.3, 0.4) is 0 Å². The van der Waals surface area contributed by atoms with E-state index in [9.17, 15) is 22.7 Å². The van der Waals surface area contributed by atoms with Gasteiger partial charge in [0.05, 0.1) is 11.5 Å². The van der Waals surface area contributed by atoms with Gasteiger partial charge in [0.15, 0.2) is 0 Å². The van der Waals surface area contributed by atoms with E-state index in [1.807, 2.05) is 0 Å². The molecule has 5 heteroatoms. The summed E-state index contributed by atoms with van der Waals surface area (Å²) >= 11 is 0. The number of hydrogen-bond donors (Lipinski definition) is 1. The van der Waals surface area contributed by atoms with Crippen LogP contribution in [0, 0.1) is 11.2 Å². The normalized spacial score (nSPS) is 19.6. The van der Waals surface area contributed by atoms with E-state index in [0.717, 1.165) is 6.07 Å². The molecule has 1 nitrogen and oxygen atoms in total. The largest absolute Gasteiger partial charge is 0.394 e.